The third-order valence-corrected chi connectivity index (χ3v) is 5.45. The molecule has 7 nitrogen and oxygen atoms in total. The van der Waals surface area contributed by atoms with Gasteiger partial charge < -0.3 is 5.73 Å². The quantitative estimate of drug-likeness (QED) is 0.436. The molecule has 0 aliphatic rings. The van der Waals surface area contributed by atoms with E-state index in [0.717, 1.165) is 5.56 Å². The first kappa shape index (κ1) is 21.5. The lowest BCUT2D eigenvalue weighted by Crippen LogP contribution is -2.28. The number of fused-ring (bicyclic) bond motifs is 1. The molecule has 2 aromatic carbocycles. The number of nitrogens with two attached hydrogens (primary N) is 1. The first-order valence-electron chi connectivity index (χ1n) is 10.1. The van der Waals surface area contributed by atoms with Crippen LogP contribution < -0.4 is 11.3 Å². The third-order valence-electron chi connectivity index (χ3n) is 5.21. The Balaban J connectivity index is 2.02. The minimum Gasteiger partial charge on any atom is -0.368 e. The van der Waals surface area contributed by atoms with Gasteiger partial charge in [-0.1, -0.05) is 48.9 Å². The molecule has 32 heavy (non-hydrogen) atoms. The molecule has 0 aliphatic heterocycles. The average Bonchev–Trinajstić information content (AvgIpc) is 3.21. The van der Waals surface area contributed by atoms with E-state index in [2.05, 4.69) is 5.10 Å². The number of benzene rings is 2. The maximum absolute atomic E-state index is 13.5. The predicted molar refractivity (Wildman–Crippen MR) is 124 cm³/mol. The highest BCUT2D eigenvalue weighted by molar-refractivity contribution is 6.31. The number of Topliss-reactive ketones (excluding diaryl/α,β-unsaturated/α-hetero) is 1. The molecule has 162 valence electrons. The van der Waals surface area contributed by atoms with Gasteiger partial charge in [0.15, 0.2) is 5.78 Å². The van der Waals surface area contributed by atoms with Crippen molar-refractivity contribution in [2.75, 3.05) is 0 Å². The fourth-order valence-electron chi connectivity index (χ4n) is 3.82. The van der Waals surface area contributed by atoms with E-state index >= 15 is 0 Å². The summed E-state index contributed by atoms with van der Waals surface area (Å²) in [7, 11) is 0. The van der Waals surface area contributed by atoms with Crippen LogP contribution in [0.1, 0.15) is 29.5 Å². The van der Waals surface area contributed by atoms with E-state index < -0.39 is 5.91 Å². The number of hydrogen-bond donors (Lipinski definition) is 1. The zero-order valence-electron chi connectivity index (χ0n) is 17.4. The SMILES string of the molecule is CCC(=O)c1c(-c2ccccc2)c2cc(Cl)ccc2c(=O)n1Cc1ccn(CC(N)=O)n1. The molecule has 0 spiro atoms. The Morgan fingerprint density at radius 1 is 1.06 bits per heavy atom. The second-order valence-electron chi connectivity index (χ2n) is 7.42. The fraction of sp³-hybridized carbons (Fsp3) is 0.167. The number of aromatic nitrogens is 3. The number of primary amides is 1. The highest BCUT2D eigenvalue weighted by Gasteiger charge is 2.23. The van der Waals surface area contributed by atoms with Crippen molar-refractivity contribution in [1.29, 1.82) is 0 Å². The van der Waals surface area contributed by atoms with Gasteiger partial charge in [0.05, 0.1) is 17.9 Å². The first-order chi connectivity index (χ1) is 15.4. The normalized spacial score (nSPS) is 11.1. The topological polar surface area (TPSA) is 100.0 Å². The summed E-state index contributed by atoms with van der Waals surface area (Å²) in [5.41, 5.74) is 7.24. The molecule has 2 heterocycles. The molecule has 4 aromatic rings. The second kappa shape index (κ2) is 8.80. The average molecular weight is 449 g/mol. The molecule has 2 aromatic heterocycles. The van der Waals surface area contributed by atoms with E-state index in [1.54, 1.807) is 37.4 Å². The fourth-order valence-corrected chi connectivity index (χ4v) is 3.99. The van der Waals surface area contributed by atoms with Crippen molar-refractivity contribution in [3.05, 3.63) is 87.6 Å². The van der Waals surface area contributed by atoms with Gasteiger partial charge in [0.25, 0.3) is 5.56 Å². The molecule has 0 saturated heterocycles. The number of halogens is 1. The van der Waals surface area contributed by atoms with Crippen molar-refractivity contribution in [2.24, 2.45) is 5.73 Å². The molecule has 4 rings (SSSR count). The summed E-state index contributed by atoms with van der Waals surface area (Å²) in [6.07, 6.45) is 1.84. The molecule has 0 saturated carbocycles. The van der Waals surface area contributed by atoms with Crippen LogP contribution in [0.3, 0.4) is 0 Å². The van der Waals surface area contributed by atoms with E-state index in [0.29, 0.717) is 32.7 Å². The smallest absolute Gasteiger partial charge is 0.259 e. The second-order valence-corrected chi connectivity index (χ2v) is 7.85. The summed E-state index contributed by atoms with van der Waals surface area (Å²) in [6, 6.07) is 16.2. The van der Waals surface area contributed by atoms with Crippen LogP contribution in [-0.4, -0.2) is 26.0 Å². The standard InChI is InChI=1S/C24H21ClN4O3/c1-2-20(30)23-22(15-6-4-3-5-7-15)19-12-16(25)8-9-18(19)24(32)29(23)13-17-10-11-28(27-17)14-21(26)31/h3-12H,2,13-14H2,1H3,(H2,26,31). The molecule has 0 radical (unpaired) electrons. The van der Waals surface area contributed by atoms with Crippen molar-refractivity contribution >= 4 is 34.1 Å². The third kappa shape index (κ3) is 4.07. The summed E-state index contributed by atoms with van der Waals surface area (Å²) in [6.45, 7) is 1.76. The van der Waals surface area contributed by atoms with Crippen molar-refractivity contribution in [3.63, 3.8) is 0 Å². The van der Waals surface area contributed by atoms with Crippen LogP contribution >= 0.6 is 11.6 Å². The van der Waals surface area contributed by atoms with Crippen molar-refractivity contribution < 1.29 is 9.59 Å². The van der Waals surface area contributed by atoms with Crippen LogP contribution in [0.5, 0.6) is 0 Å². The monoisotopic (exact) mass is 448 g/mol. The number of pyridine rings is 1. The Kier molecular flexibility index (Phi) is 5.92. The van der Waals surface area contributed by atoms with Crippen LogP contribution in [0.4, 0.5) is 0 Å². The summed E-state index contributed by atoms with van der Waals surface area (Å²) in [5.74, 6) is -0.688. The summed E-state index contributed by atoms with van der Waals surface area (Å²) >= 11 is 6.27. The van der Waals surface area contributed by atoms with Gasteiger partial charge in [-0.25, -0.2) is 0 Å². The predicted octanol–water partition coefficient (Wildman–Crippen LogP) is 3.64. The van der Waals surface area contributed by atoms with Crippen molar-refractivity contribution in [2.45, 2.75) is 26.4 Å². The lowest BCUT2D eigenvalue weighted by atomic mass is 9.94. The largest absolute Gasteiger partial charge is 0.368 e. The number of carbonyl (C=O) groups excluding carboxylic acids is 2. The summed E-state index contributed by atoms with van der Waals surface area (Å²) in [4.78, 5) is 37.9. The van der Waals surface area contributed by atoms with E-state index in [1.807, 2.05) is 30.3 Å². The molecule has 0 bridgehead atoms. The lowest BCUT2D eigenvalue weighted by Gasteiger charge is -2.19. The van der Waals surface area contributed by atoms with Gasteiger partial charge in [-0.2, -0.15) is 5.10 Å². The van der Waals surface area contributed by atoms with Gasteiger partial charge in [-0.3, -0.25) is 23.6 Å². The highest BCUT2D eigenvalue weighted by Crippen LogP contribution is 2.33. The maximum atomic E-state index is 13.5. The van der Waals surface area contributed by atoms with Gasteiger partial charge in [0.1, 0.15) is 6.54 Å². The van der Waals surface area contributed by atoms with E-state index in [9.17, 15) is 14.4 Å². The molecule has 1 amide bonds. The molecular weight excluding hydrogens is 428 g/mol. The van der Waals surface area contributed by atoms with Gasteiger partial charge in [0, 0.05) is 28.6 Å². The Morgan fingerprint density at radius 2 is 1.81 bits per heavy atom. The van der Waals surface area contributed by atoms with Crippen molar-refractivity contribution in [1.82, 2.24) is 14.3 Å². The van der Waals surface area contributed by atoms with E-state index in [1.165, 1.54) is 9.25 Å². The van der Waals surface area contributed by atoms with Crippen LogP contribution in [0, 0.1) is 0 Å². The molecule has 0 atom stereocenters. The van der Waals surface area contributed by atoms with Gasteiger partial charge in [-0.05, 0) is 35.2 Å². The first-order valence-corrected chi connectivity index (χ1v) is 10.5. The van der Waals surface area contributed by atoms with Gasteiger partial charge in [0.2, 0.25) is 5.91 Å². The molecule has 0 unspecified atom stereocenters. The molecular formula is C24H21ClN4O3. The lowest BCUT2D eigenvalue weighted by molar-refractivity contribution is -0.118. The number of hydrogen-bond acceptors (Lipinski definition) is 4. The Morgan fingerprint density at radius 3 is 2.50 bits per heavy atom. The van der Waals surface area contributed by atoms with Crippen LogP contribution in [0.15, 0.2) is 65.6 Å². The minimum atomic E-state index is -0.521. The molecule has 2 N–H and O–H groups in total. The van der Waals surface area contributed by atoms with Crippen LogP contribution in [0.25, 0.3) is 21.9 Å². The molecule has 0 fully saturated rings. The summed E-state index contributed by atoms with van der Waals surface area (Å²) < 4.78 is 2.87. The molecule has 8 heteroatoms. The summed E-state index contributed by atoms with van der Waals surface area (Å²) in [5, 5.41) is 5.89. The van der Waals surface area contributed by atoms with E-state index in [-0.39, 0.29) is 30.9 Å². The maximum Gasteiger partial charge on any atom is 0.259 e. The van der Waals surface area contributed by atoms with Crippen LogP contribution in [0.2, 0.25) is 5.02 Å². The number of carbonyl (C=O) groups is 2. The van der Waals surface area contributed by atoms with Gasteiger partial charge in [-0.15, -0.1) is 0 Å². The minimum absolute atomic E-state index is 0.0683. The number of rotatable bonds is 7. The number of nitrogens with zero attached hydrogens (tertiary/aromatic N) is 3. The van der Waals surface area contributed by atoms with Gasteiger partial charge >= 0.3 is 0 Å². The number of amides is 1. The van der Waals surface area contributed by atoms with Crippen LogP contribution in [-0.2, 0) is 17.9 Å². The van der Waals surface area contributed by atoms with E-state index in [4.69, 9.17) is 17.3 Å². The zero-order chi connectivity index (χ0) is 22.8. The highest BCUT2D eigenvalue weighted by atomic mass is 35.5. The molecule has 0 aliphatic carbocycles. The Labute approximate surface area is 189 Å². The zero-order valence-corrected chi connectivity index (χ0v) is 18.2. The van der Waals surface area contributed by atoms with Crippen molar-refractivity contribution in [3.8, 4) is 11.1 Å². The Hall–Kier alpha value is -3.71. The number of ketones is 1. The Bertz CT molecular complexity index is 1390.